The van der Waals surface area contributed by atoms with E-state index < -0.39 is 0 Å². The number of nitrogens with zero attached hydrogens (tertiary/aromatic N) is 2. The van der Waals surface area contributed by atoms with Gasteiger partial charge < -0.3 is 9.64 Å². The van der Waals surface area contributed by atoms with Crippen LogP contribution in [-0.4, -0.2) is 20.7 Å². The van der Waals surface area contributed by atoms with Crippen LogP contribution in [0.15, 0.2) is 18.2 Å². The summed E-state index contributed by atoms with van der Waals surface area (Å²) in [7, 11) is 3.40. The Hall–Kier alpha value is -1.40. The van der Waals surface area contributed by atoms with Crippen molar-refractivity contribution in [3.63, 3.8) is 0 Å². The molecule has 0 saturated heterocycles. The van der Waals surface area contributed by atoms with E-state index >= 15 is 0 Å². The molecule has 0 saturated carbocycles. The summed E-state index contributed by atoms with van der Waals surface area (Å²) >= 11 is 5.94. The molecule has 0 N–H and O–H groups in total. The first-order valence-electron chi connectivity index (χ1n) is 4.10. The van der Waals surface area contributed by atoms with Gasteiger partial charge in [0.25, 0.3) is 0 Å². The van der Waals surface area contributed by atoms with E-state index in [9.17, 15) is 0 Å². The van der Waals surface area contributed by atoms with Gasteiger partial charge in [-0.05, 0) is 18.2 Å². The maximum Gasteiger partial charge on any atom is 0.137 e. The lowest BCUT2D eigenvalue weighted by Gasteiger charge is -2.16. The third-order valence-electron chi connectivity index (χ3n) is 1.88. The Morgan fingerprint density at radius 1 is 1.57 bits per heavy atom. The number of halogens is 1. The number of methoxy groups -OCH3 is 1. The van der Waals surface area contributed by atoms with Crippen LogP contribution >= 0.6 is 11.6 Å². The first-order chi connectivity index (χ1) is 6.69. The number of rotatable bonds is 3. The first kappa shape index (κ1) is 10.7. The second-order valence-corrected chi connectivity index (χ2v) is 3.24. The zero-order chi connectivity index (χ0) is 10.6. The van der Waals surface area contributed by atoms with Gasteiger partial charge in [0, 0.05) is 12.7 Å². The zero-order valence-electron chi connectivity index (χ0n) is 8.12. The topological polar surface area (TPSA) is 36.3 Å². The van der Waals surface area contributed by atoms with Crippen molar-refractivity contribution in [2.24, 2.45) is 0 Å². The fourth-order valence-corrected chi connectivity index (χ4v) is 1.34. The quantitative estimate of drug-likeness (QED) is 0.719. The summed E-state index contributed by atoms with van der Waals surface area (Å²) in [4.78, 5) is 1.81. The van der Waals surface area contributed by atoms with E-state index in [0.29, 0.717) is 17.3 Å². The molecule has 0 radical (unpaired) electrons. The third kappa shape index (κ3) is 2.30. The standard InChI is InChI=1S/C10H11ClN2O/c1-13(6-5-12)8-3-4-10(14-2)9(11)7-8/h3-4,7H,6H2,1-2H3. The van der Waals surface area contributed by atoms with Crippen molar-refractivity contribution in [2.45, 2.75) is 0 Å². The van der Waals surface area contributed by atoms with Crippen molar-refractivity contribution >= 4 is 17.3 Å². The van der Waals surface area contributed by atoms with E-state index in [-0.39, 0.29) is 0 Å². The lowest BCUT2D eigenvalue weighted by Crippen LogP contribution is -2.16. The number of anilines is 1. The maximum atomic E-state index is 8.52. The Kier molecular flexibility index (Phi) is 3.61. The molecule has 0 fully saturated rings. The van der Waals surface area contributed by atoms with Gasteiger partial charge in [-0.15, -0.1) is 0 Å². The molecular formula is C10H11ClN2O. The highest BCUT2D eigenvalue weighted by Crippen LogP contribution is 2.28. The molecule has 0 bridgehead atoms. The van der Waals surface area contributed by atoms with Crippen molar-refractivity contribution in [3.05, 3.63) is 23.2 Å². The smallest absolute Gasteiger partial charge is 0.137 e. The van der Waals surface area contributed by atoms with Crippen LogP contribution in [0.3, 0.4) is 0 Å². The minimum absolute atomic E-state index is 0.336. The average molecular weight is 211 g/mol. The van der Waals surface area contributed by atoms with E-state index in [2.05, 4.69) is 6.07 Å². The minimum Gasteiger partial charge on any atom is -0.495 e. The van der Waals surface area contributed by atoms with Crippen molar-refractivity contribution in [2.75, 3.05) is 25.6 Å². The molecule has 1 aromatic rings. The molecule has 3 nitrogen and oxygen atoms in total. The largest absolute Gasteiger partial charge is 0.495 e. The molecule has 0 atom stereocenters. The van der Waals surface area contributed by atoms with Crippen LogP contribution in [0.1, 0.15) is 0 Å². The third-order valence-corrected chi connectivity index (χ3v) is 2.18. The first-order valence-corrected chi connectivity index (χ1v) is 4.48. The second-order valence-electron chi connectivity index (χ2n) is 2.83. The average Bonchev–Trinajstić information content (AvgIpc) is 2.18. The van der Waals surface area contributed by atoms with Crippen LogP contribution in [0.2, 0.25) is 5.02 Å². The van der Waals surface area contributed by atoms with Gasteiger partial charge in [0.2, 0.25) is 0 Å². The Morgan fingerprint density at radius 2 is 2.29 bits per heavy atom. The fourth-order valence-electron chi connectivity index (χ4n) is 1.09. The maximum absolute atomic E-state index is 8.52. The van der Waals surface area contributed by atoms with Crippen LogP contribution in [0.25, 0.3) is 0 Å². The zero-order valence-corrected chi connectivity index (χ0v) is 8.88. The van der Waals surface area contributed by atoms with E-state index in [0.717, 1.165) is 5.69 Å². The van der Waals surface area contributed by atoms with Gasteiger partial charge in [0.1, 0.15) is 12.3 Å². The lowest BCUT2D eigenvalue weighted by molar-refractivity contribution is 0.415. The molecule has 4 heteroatoms. The molecule has 14 heavy (non-hydrogen) atoms. The molecule has 0 aromatic heterocycles. The number of benzene rings is 1. The summed E-state index contributed by atoms with van der Waals surface area (Å²) in [5.41, 5.74) is 0.900. The van der Waals surface area contributed by atoms with Gasteiger partial charge in [-0.1, -0.05) is 11.6 Å². The van der Waals surface area contributed by atoms with Gasteiger partial charge >= 0.3 is 0 Å². The normalized spacial score (nSPS) is 9.29. The number of nitriles is 1. The van der Waals surface area contributed by atoms with Crippen LogP contribution in [0, 0.1) is 11.3 Å². The summed E-state index contributed by atoms with van der Waals surface area (Å²) < 4.78 is 5.02. The van der Waals surface area contributed by atoms with Gasteiger partial charge in [0.05, 0.1) is 18.2 Å². The molecule has 0 heterocycles. The highest BCUT2D eigenvalue weighted by atomic mass is 35.5. The summed E-state index contributed by atoms with van der Waals surface area (Å²) in [5, 5.41) is 9.07. The van der Waals surface area contributed by atoms with Crippen molar-refractivity contribution in [1.82, 2.24) is 0 Å². The van der Waals surface area contributed by atoms with E-state index in [1.165, 1.54) is 0 Å². The van der Waals surface area contributed by atoms with E-state index in [1.807, 2.05) is 18.0 Å². The molecule has 0 aliphatic heterocycles. The molecular weight excluding hydrogens is 200 g/mol. The highest BCUT2D eigenvalue weighted by Gasteiger charge is 2.04. The second kappa shape index (κ2) is 4.73. The van der Waals surface area contributed by atoms with Gasteiger partial charge in [-0.3, -0.25) is 0 Å². The molecule has 0 spiro atoms. The monoisotopic (exact) mass is 210 g/mol. The summed E-state index contributed by atoms with van der Waals surface area (Å²) in [6.07, 6.45) is 0. The van der Waals surface area contributed by atoms with Gasteiger partial charge in [-0.2, -0.15) is 5.26 Å². The van der Waals surface area contributed by atoms with Crippen LogP contribution < -0.4 is 9.64 Å². The summed E-state index contributed by atoms with van der Waals surface area (Å²) in [5.74, 6) is 0.640. The molecule has 1 rings (SSSR count). The number of hydrogen-bond acceptors (Lipinski definition) is 3. The Labute approximate surface area is 88.5 Å². The predicted octanol–water partition coefficient (Wildman–Crippen LogP) is 2.31. The Bertz CT molecular complexity index is 360. The van der Waals surface area contributed by atoms with Crippen LogP contribution in [0.4, 0.5) is 5.69 Å². The lowest BCUT2D eigenvalue weighted by atomic mass is 10.3. The van der Waals surface area contributed by atoms with Crippen LogP contribution in [-0.2, 0) is 0 Å². The van der Waals surface area contributed by atoms with Gasteiger partial charge in [0.15, 0.2) is 0 Å². The van der Waals surface area contributed by atoms with E-state index in [1.54, 1.807) is 19.2 Å². The van der Waals surface area contributed by atoms with E-state index in [4.69, 9.17) is 21.6 Å². The summed E-state index contributed by atoms with van der Waals surface area (Å²) in [6, 6.07) is 7.49. The molecule has 0 unspecified atom stereocenters. The van der Waals surface area contributed by atoms with Crippen molar-refractivity contribution in [3.8, 4) is 11.8 Å². The Morgan fingerprint density at radius 3 is 2.79 bits per heavy atom. The van der Waals surface area contributed by atoms with Crippen LogP contribution in [0.5, 0.6) is 5.75 Å². The predicted molar refractivity (Wildman–Crippen MR) is 56.9 cm³/mol. The molecule has 0 amide bonds. The van der Waals surface area contributed by atoms with Crippen molar-refractivity contribution in [1.29, 1.82) is 5.26 Å². The minimum atomic E-state index is 0.336. The number of ether oxygens (including phenoxy) is 1. The summed E-state index contributed by atoms with van der Waals surface area (Å²) in [6.45, 7) is 0.336. The fraction of sp³-hybridized carbons (Fsp3) is 0.300. The van der Waals surface area contributed by atoms with Crippen molar-refractivity contribution < 1.29 is 4.74 Å². The SMILES string of the molecule is COc1ccc(N(C)CC#N)cc1Cl. The molecule has 0 aliphatic rings. The molecule has 1 aromatic carbocycles. The number of hydrogen-bond donors (Lipinski definition) is 0. The Balaban J connectivity index is 2.92. The molecule has 74 valence electrons. The van der Waals surface area contributed by atoms with Gasteiger partial charge in [-0.25, -0.2) is 0 Å². The molecule has 0 aliphatic carbocycles. The highest BCUT2D eigenvalue weighted by molar-refractivity contribution is 6.32.